The highest BCUT2D eigenvalue weighted by molar-refractivity contribution is 6.34. The number of hydrogen-bond acceptors (Lipinski definition) is 5. The second kappa shape index (κ2) is 6.27. The molecule has 7 nitrogen and oxygen atoms in total. The molecule has 2 amide bonds. The van der Waals surface area contributed by atoms with E-state index in [1.807, 2.05) is 0 Å². The Labute approximate surface area is 125 Å². The molecule has 1 heterocycles. The number of aromatic nitrogens is 1. The van der Waals surface area contributed by atoms with Gasteiger partial charge in [-0.1, -0.05) is 16.8 Å². The van der Waals surface area contributed by atoms with Crippen molar-refractivity contribution in [2.24, 2.45) is 5.73 Å². The lowest BCUT2D eigenvalue weighted by Crippen LogP contribution is -2.22. The van der Waals surface area contributed by atoms with Gasteiger partial charge in [0.1, 0.15) is 5.76 Å². The molecule has 2 aromatic rings. The highest BCUT2D eigenvalue weighted by atomic mass is 35.5. The van der Waals surface area contributed by atoms with Crippen molar-refractivity contribution in [3.05, 3.63) is 40.6 Å². The van der Waals surface area contributed by atoms with Gasteiger partial charge in [-0.3, -0.25) is 9.59 Å². The minimum absolute atomic E-state index is 0.0121. The lowest BCUT2D eigenvalue weighted by molar-refractivity contribution is -0.114. The number of rotatable bonds is 5. The van der Waals surface area contributed by atoms with Gasteiger partial charge in [-0.2, -0.15) is 0 Å². The predicted molar refractivity (Wildman–Crippen MR) is 78.3 cm³/mol. The maximum Gasteiger partial charge on any atom is 0.250 e. The van der Waals surface area contributed by atoms with Crippen molar-refractivity contribution in [2.45, 2.75) is 6.92 Å². The molecule has 110 valence electrons. The molecule has 2 rings (SSSR count). The van der Waals surface area contributed by atoms with E-state index < -0.39 is 5.91 Å². The number of halogens is 1. The van der Waals surface area contributed by atoms with E-state index in [1.54, 1.807) is 19.1 Å². The van der Waals surface area contributed by atoms with Crippen molar-refractivity contribution < 1.29 is 14.1 Å². The molecule has 4 N–H and O–H groups in total. The third-order valence-corrected chi connectivity index (χ3v) is 2.90. The summed E-state index contributed by atoms with van der Waals surface area (Å²) in [5.41, 5.74) is 5.97. The monoisotopic (exact) mass is 308 g/mol. The van der Waals surface area contributed by atoms with Crippen LogP contribution in [-0.2, 0) is 4.79 Å². The number of nitrogens with two attached hydrogens (primary N) is 1. The number of primary amides is 1. The Morgan fingerprint density at radius 3 is 2.71 bits per heavy atom. The van der Waals surface area contributed by atoms with Crippen LogP contribution in [0.25, 0.3) is 0 Å². The Hall–Kier alpha value is -2.54. The van der Waals surface area contributed by atoms with Gasteiger partial charge in [0.25, 0.3) is 0 Å². The van der Waals surface area contributed by atoms with Crippen LogP contribution in [-0.4, -0.2) is 23.5 Å². The minimum Gasteiger partial charge on any atom is -0.376 e. The first-order chi connectivity index (χ1) is 9.95. The van der Waals surface area contributed by atoms with E-state index in [0.29, 0.717) is 17.3 Å². The molecule has 1 aromatic carbocycles. The lowest BCUT2D eigenvalue weighted by Gasteiger charge is -2.07. The Bertz CT molecular complexity index is 684. The molecule has 8 heteroatoms. The number of anilines is 2. The van der Waals surface area contributed by atoms with E-state index in [9.17, 15) is 9.59 Å². The molecule has 0 saturated carbocycles. The average Bonchev–Trinajstić information content (AvgIpc) is 2.81. The standard InChI is InChI=1S/C13H13ClN4O3/c1-7-4-11(18-21-7)17-12(19)6-16-8-2-3-9(13(15)20)10(14)5-8/h2-5,16H,6H2,1H3,(H2,15,20)(H,17,18,19). The first-order valence-electron chi connectivity index (χ1n) is 6.02. The molecule has 0 saturated heterocycles. The van der Waals surface area contributed by atoms with Gasteiger partial charge in [-0.15, -0.1) is 0 Å². The summed E-state index contributed by atoms with van der Waals surface area (Å²) in [5, 5.41) is 9.31. The summed E-state index contributed by atoms with van der Waals surface area (Å²) in [6, 6.07) is 6.23. The van der Waals surface area contributed by atoms with Gasteiger partial charge < -0.3 is 20.9 Å². The molecule has 0 aliphatic rings. The highest BCUT2D eigenvalue weighted by Gasteiger charge is 2.09. The fourth-order valence-corrected chi connectivity index (χ4v) is 1.89. The maximum absolute atomic E-state index is 11.7. The number of nitrogens with zero attached hydrogens (tertiary/aromatic N) is 1. The second-order valence-electron chi connectivity index (χ2n) is 4.28. The average molecular weight is 309 g/mol. The fourth-order valence-electron chi connectivity index (χ4n) is 1.62. The van der Waals surface area contributed by atoms with Gasteiger partial charge >= 0.3 is 0 Å². The van der Waals surface area contributed by atoms with E-state index in [2.05, 4.69) is 15.8 Å². The number of carbonyl (C=O) groups is 2. The van der Waals surface area contributed by atoms with Crippen LogP contribution in [0.1, 0.15) is 16.1 Å². The Balaban J connectivity index is 1.92. The summed E-state index contributed by atoms with van der Waals surface area (Å²) >= 11 is 5.91. The van der Waals surface area contributed by atoms with E-state index in [4.69, 9.17) is 21.9 Å². The van der Waals surface area contributed by atoms with Gasteiger partial charge in [-0.25, -0.2) is 0 Å². The predicted octanol–water partition coefficient (Wildman–Crippen LogP) is 1.79. The number of aryl methyl sites for hydroxylation is 1. The molecule has 0 radical (unpaired) electrons. The van der Waals surface area contributed by atoms with Crippen LogP contribution in [0.3, 0.4) is 0 Å². The lowest BCUT2D eigenvalue weighted by atomic mass is 10.2. The topological polar surface area (TPSA) is 110 Å². The molecular weight excluding hydrogens is 296 g/mol. The van der Waals surface area contributed by atoms with Crippen molar-refractivity contribution in [3.8, 4) is 0 Å². The quantitative estimate of drug-likeness (QED) is 0.780. The van der Waals surface area contributed by atoms with Crippen molar-refractivity contribution in [3.63, 3.8) is 0 Å². The first kappa shape index (κ1) is 14.9. The van der Waals surface area contributed by atoms with Crippen LogP contribution in [0.15, 0.2) is 28.8 Å². The second-order valence-corrected chi connectivity index (χ2v) is 4.69. The number of nitrogens with one attached hydrogen (secondary N) is 2. The van der Waals surface area contributed by atoms with Crippen LogP contribution in [0.4, 0.5) is 11.5 Å². The van der Waals surface area contributed by atoms with Crippen molar-refractivity contribution in [1.29, 1.82) is 0 Å². The number of amides is 2. The number of benzene rings is 1. The molecule has 1 aromatic heterocycles. The maximum atomic E-state index is 11.7. The summed E-state index contributed by atoms with van der Waals surface area (Å²) in [5.74, 6) is 0.0533. The van der Waals surface area contributed by atoms with E-state index >= 15 is 0 Å². The van der Waals surface area contributed by atoms with E-state index in [-0.39, 0.29) is 23.0 Å². The molecule has 0 fully saturated rings. The van der Waals surface area contributed by atoms with Crippen LogP contribution >= 0.6 is 11.6 Å². The number of carbonyl (C=O) groups excluding carboxylic acids is 2. The Morgan fingerprint density at radius 2 is 2.14 bits per heavy atom. The smallest absolute Gasteiger partial charge is 0.250 e. The third-order valence-electron chi connectivity index (χ3n) is 2.58. The van der Waals surface area contributed by atoms with Crippen molar-refractivity contribution >= 4 is 34.9 Å². The molecule has 0 atom stereocenters. The van der Waals surface area contributed by atoms with Gasteiger partial charge in [-0.05, 0) is 25.1 Å². The van der Waals surface area contributed by atoms with Crippen molar-refractivity contribution in [1.82, 2.24) is 5.16 Å². The zero-order chi connectivity index (χ0) is 15.4. The summed E-state index contributed by atoms with van der Waals surface area (Å²) in [6.07, 6.45) is 0. The molecule has 0 spiro atoms. The molecule has 21 heavy (non-hydrogen) atoms. The summed E-state index contributed by atoms with van der Waals surface area (Å²) in [6.45, 7) is 1.74. The molecular formula is C13H13ClN4O3. The Kier molecular flexibility index (Phi) is 4.44. The zero-order valence-electron chi connectivity index (χ0n) is 11.1. The van der Waals surface area contributed by atoms with Gasteiger partial charge in [0.05, 0.1) is 17.1 Å². The minimum atomic E-state index is -0.606. The molecule has 0 aliphatic heterocycles. The van der Waals surface area contributed by atoms with Crippen LogP contribution in [0, 0.1) is 6.92 Å². The molecule has 0 unspecified atom stereocenters. The third kappa shape index (κ3) is 3.96. The highest BCUT2D eigenvalue weighted by Crippen LogP contribution is 2.20. The Morgan fingerprint density at radius 1 is 1.38 bits per heavy atom. The fraction of sp³-hybridized carbons (Fsp3) is 0.154. The largest absolute Gasteiger partial charge is 0.376 e. The zero-order valence-corrected chi connectivity index (χ0v) is 11.9. The summed E-state index contributed by atoms with van der Waals surface area (Å²) in [7, 11) is 0. The van der Waals surface area contributed by atoms with E-state index in [1.165, 1.54) is 12.1 Å². The normalized spacial score (nSPS) is 10.2. The van der Waals surface area contributed by atoms with Crippen LogP contribution < -0.4 is 16.4 Å². The summed E-state index contributed by atoms with van der Waals surface area (Å²) in [4.78, 5) is 22.7. The first-order valence-corrected chi connectivity index (χ1v) is 6.40. The SMILES string of the molecule is Cc1cc(NC(=O)CNc2ccc(C(N)=O)c(Cl)c2)no1. The number of hydrogen-bond donors (Lipinski definition) is 3. The van der Waals surface area contributed by atoms with Crippen LogP contribution in [0.2, 0.25) is 5.02 Å². The molecule has 0 bridgehead atoms. The summed E-state index contributed by atoms with van der Waals surface area (Å²) < 4.78 is 4.83. The van der Waals surface area contributed by atoms with Gasteiger partial charge in [0, 0.05) is 11.8 Å². The van der Waals surface area contributed by atoms with Gasteiger partial charge in [0.2, 0.25) is 11.8 Å². The van der Waals surface area contributed by atoms with Gasteiger partial charge in [0.15, 0.2) is 5.82 Å². The van der Waals surface area contributed by atoms with E-state index in [0.717, 1.165) is 0 Å². The molecule has 0 aliphatic carbocycles. The van der Waals surface area contributed by atoms with Crippen LogP contribution in [0.5, 0.6) is 0 Å². The van der Waals surface area contributed by atoms with Crippen molar-refractivity contribution in [2.75, 3.05) is 17.2 Å².